The van der Waals surface area contributed by atoms with Gasteiger partial charge in [0.15, 0.2) is 0 Å². The SMILES string of the molecule is C=C1NC(=O)NC1CC(=O)Cc1nnc(CCCCc2nnc(NC(=O)CC3NC(=O)NC3=O)s2)s1.CC(C)(C(=O)Cc1nnc(CCCCc2nnc(NC(=O)C(C)(C)c3ccccc3)s2)s1)c1ccccc1.Cc1ccccc1CC(=O)Cc1nnc(CCCCc2nnc(NC(=O)Cc3ccccc3Cl)s2)s1.O=C(Cc1nnc(CCCCc2nnc(NC(=O)CC3=CCc4ccccc43)s2)s1)Cc1c[nH]c2ccccc12. The Kier molecular flexibility index (Phi) is 39.5. The first-order valence-corrected chi connectivity index (χ1v) is 55.8. The summed E-state index contributed by atoms with van der Waals surface area (Å²) in [6, 6.07) is 48.7. The molecule has 150 heavy (non-hydrogen) atoms. The van der Waals surface area contributed by atoms with Crippen LogP contribution in [0, 0.1) is 6.92 Å². The van der Waals surface area contributed by atoms with E-state index in [0.717, 1.165) is 207 Å². The number of nitrogens with one attached hydrogen (secondary N) is 9. The van der Waals surface area contributed by atoms with Crippen molar-refractivity contribution in [3.63, 3.8) is 0 Å². The number of amides is 9. The molecule has 9 aromatic heterocycles. The van der Waals surface area contributed by atoms with E-state index in [2.05, 4.69) is 154 Å². The van der Waals surface area contributed by atoms with Crippen LogP contribution in [0.15, 0.2) is 182 Å². The maximum Gasteiger partial charge on any atom is 0.322 e. The molecule has 2 atom stereocenters. The van der Waals surface area contributed by atoms with Crippen molar-refractivity contribution >= 4 is 204 Å². The number of Topliss-reactive ketones (excluding diaryl/α,β-unsaturated/α-hetero) is 4. The first-order chi connectivity index (χ1) is 72.5. The maximum atomic E-state index is 13.0. The molecule has 6 aromatic carbocycles. The van der Waals surface area contributed by atoms with Gasteiger partial charge in [-0.1, -0.05) is 215 Å². The quantitative estimate of drug-likeness (QED) is 0.0126. The average molecular weight is 2190 g/mol. The van der Waals surface area contributed by atoms with Gasteiger partial charge in [-0.2, -0.15) is 0 Å². The second kappa shape index (κ2) is 53.9. The van der Waals surface area contributed by atoms with Crippen LogP contribution < -0.4 is 42.5 Å². The van der Waals surface area contributed by atoms with E-state index in [-0.39, 0.29) is 72.6 Å². The molecule has 45 heteroatoms. The van der Waals surface area contributed by atoms with Crippen LogP contribution in [0.4, 0.5) is 30.1 Å². The lowest BCUT2D eigenvalue weighted by molar-refractivity contribution is -0.124. The van der Waals surface area contributed by atoms with Gasteiger partial charge >= 0.3 is 12.1 Å². The molecule has 2 unspecified atom stereocenters. The Bertz CT molecular complexity index is 7010. The van der Waals surface area contributed by atoms with Crippen LogP contribution in [-0.4, -0.2) is 163 Å². The molecule has 0 spiro atoms. The minimum atomic E-state index is -0.892. The molecular formula is C105H110ClN25O11S8. The Balaban J connectivity index is 0.000000150. The lowest BCUT2D eigenvalue weighted by Gasteiger charge is -2.23. The summed E-state index contributed by atoms with van der Waals surface area (Å²) in [6.07, 6.45) is 20.7. The number of carbonyl (C=O) groups is 11. The summed E-state index contributed by atoms with van der Waals surface area (Å²) in [4.78, 5) is 137. The van der Waals surface area contributed by atoms with Gasteiger partial charge in [-0.3, -0.25) is 53.8 Å². The van der Waals surface area contributed by atoms with Gasteiger partial charge in [0.1, 0.15) is 89.3 Å². The number of benzene rings is 6. The van der Waals surface area contributed by atoms with Crippen molar-refractivity contribution in [2.24, 2.45) is 0 Å². The first kappa shape index (κ1) is 110. The lowest BCUT2D eigenvalue weighted by Crippen LogP contribution is -2.34. The van der Waals surface area contributed by atoms with Crippen LogP contribution >= 0.6 is 102 Å². The van der Waals surface area contributed by atoms with Crippen LogP contribution in [-0.2, 0) is 157 Å². The number of aromatic nitrogens is 17. The van der Waals surface area contributed by atoms with E-state index in [9.17, 15) is 52.7 Å². The Morgan fingerprint density at radius 1 is 0.373 bits per heavy atom. The van der Waals surface area contributed by atoms with Gasteiger partial charge < -0.3 is 36.9 Å². The van der Waals surface area contributed by atoms with Crippen molar-refractivity contribution < 1.29 is 52.7 Å². The molecule has 36 nitrogen and oxygen atoms in total. The molecule has 0 radical (unpaired) electrons. The van der Waals surface area contributed by atoms with Crippen LogP contribution in [0.2, 0.25) is 5.02 Å². The largest absolute Gasteiger partial charge is 0.361 e. The normalized spacial score (nSPS) is 13.5. The number of allylic oxidation sites excluding steroid dienone is 1. The number of rotatable bonds is 48. The summed E-state index contributed by atoms with van der Waals surface area (Å²) in [5, 5.41) is 101. The number of ketones is 4. The van der Waals surface area contributed by atoms with E-state index in [4.69, 9.17) is 11.6 Å². The zero-order chi connectivity index (χ0) is 105. The molecule has 18 rings (SSSR count). The van der Waals surface area contributed by atoms with Gasteiger partial charge in [0, 0.05) is 104 Å². The summed E-state index contributed by atoms with van der Waals surface area (Å²) >= 11 is 17.5. The molecule has 1 aliphatic carbocycles. The molecule has 9 amide bonds. The number of urea groups is 2. The number of halogens is 1. The third-order valence-electron chi connectivity index (χ3n) is 24.6. The van der Waals surface area contributed by atoms with Crippen molar-refractivity contribution in [2.75, 3.05) is 21.3 Å². The molecule has 2 fully saturated rings. The Labute approximate surface area is 901 Å². The third kappa shape index (κ3) is 32.9. The minimum absolute atomic E-state index is 0.0525. The van der Waals surface area contributed by atoms with E-state index >= 15 is 0 Å². The number of hydrogen-bond acceptors (Lipinski definition) is 35. The van der Waals surface area contributed by atoms with Crippen molar-refractivity contribution in [2.45, 2.75) is 231 Å². The number of nitrogens with zero attached hydrogens (tertiary/aromatic N) is 16. The molecule has 3 aliphatic rings. The molecule has 0 bridgehead atoms. The zero-order valence-corrected chi connectivity index (χ0v) is 90.2. The number of hydrogen-bond donors (Lipinski definition) is 9. The Morgan fingerprint density at radius 3 is 1.25 bits per heavy atom. The Morgan fingerprint density at radius 2 is 0.767 bits per heavy atom. The van der Waals surface area contributed by atoms with Gasteiger partial charge in [0.25, 0.3) is 5.91 Å². The van der Waals surface area contributed by atoms with Gasteiger partial charge in [-0.05, 0) is 155 Å². The van der Waals surface area contributed by atoms with E-state index in [0.29, 0.717) is 87.6 Å². The number of fused-ring (bicyclic) bond motifs is 2. The molecule has 11 heterocycles. The number of para-hydroxylation sites is 1. The van der Waals surface area contributed by atoms with Crippen LogP contribution in [0.1, 0.15) is 203 Å². The average Bonchev–Trinajstić information content (AvgIpc) is 1.30. The summed E-state index contributed by atoms with van der Waals surface area (Å²) in [5.74, 6) is -0.960. The number of aryl methyl sites for hydroxylation is 9. The van der Waals surface area contributed by atoms with Gasteiger partial charge in [-0.25, -0.2) is 9.59 Å². The number of aromatic amines is 1. The summed E-state index contributed by atoms with van der Waals surface area (Å²) in [6.45, 7) is 13.5. The third-order valence-corrected chi connectivity index (χ3v) is 32.5. The van der Waals surface area contributed by atoms with Gasteiger partial charge in [0.05, 0.1) is 56.4 Å². The molecule has 0 saturated carbocycles. The zero-order valence-electron chi connectivity index (χ0n) is 82.9. The molecule has 9 N–H and O–H groups in total. The first-order valence-electron chi connectivity index (χ1n) is 48.9. The second-order valence-electron chi connectivity index (χ2n) is 36.8. The smallest absolute Gasteiger partial charge is 0.322 e. The molecule has 2 aliphatic heterocycles. The standard InChI is InChI=1S/C30H28N6O2S2.C29H33N5O2S2.C26H26ClN5O2S2.C20H23N9O5S2/c37-22(15-21-18-31-25-10-4-3-9-24(21)25)17-29-35-33-27(39-29)11-5-6-12-28-34-36-30(40-28)32-26(38)16-20-14-13-19-7-1-2-8-23(19)20;1-28(2,20-13-7-5-8-14-20)22(35)19-25-33-31-23(37-25)17-11-12-18-24-32-34-27(38-24)30-26(36)29(3,4)21-15-9-6-10-16-21;1-17-8-2-3-9-18(17)14-20(33)16-25-31-29-23(35-25)12-6-7-13-24-30-32-26(36-24)28-22(34)15-19-10-4-5-11-21(19)27;1-9-11(22-18(33)21-9)6-10(30)7-16-28-26-14(35-16)4-2-3-5-15-27-29-20(36-15)24-13(31)8-12-17(32)25-19(34)23-12/h1-4,7-10,14,18,31H,5-6,11-13,15-17H2,(H,32,36,38);5-10,13-16H,11-12,17-19H2,1-4H3,(H,30,34,36);2-5,8-11H,6-7,12-16H2,1H3,(H,28,32,34);11-12H,1-8H2,(H2,21,22,33)(H,24,29,31)(H2,23,25,32,34). The molecular weight excluding hydrogens is 2080 g/mol. The highest BCUT2D eigenvalue weighted by molar-refractivity contribution is 7.16. The fourth-order valence-corrected chi connectivity index (χ4v) is 23.2. The highest BCUT2D eigenvalue weighted by Crippen LogP contribution is 2.34. The summed E-state index contributed by atoms with van der Waals surface area (Å²) < 4.78 is 0. The van der Waals surface area contributed by atoms with Crippen LogP contribution in [0.25, 0.3) is 16.5 Å². The maximum absolute atomic E-state index is 13.0. The lowest BCUT2D eigenvalue weighted by atomic mass is 9.79. The molecule has 776 valence electrons. The van der Waals surface area contributed by atoms with Gasteiger partial charge in [0.2, 0.25) is 44.2 Å². The summed E-state index contributed by atoms with van der Waals surface area (Å²) in [5.41, 5.74) is 9.73. The predicted molar refractivity (Wildman–Crippen MR) is 583 cm³/mol. The van der Waals surface area contributed by atoms with E-state index in [1.807, 2.05) is 180 Å². The predicted octanol–water partition coefficient (Wildman–Crippen LogP) is 17.4. The highest BCUT2D eigenvalue weighted by Gasteiger charge is 2.35. The fraction of sp³-hybridized carbons (Fsp3) is 0.343. The Hall–Kier alpha value is -14.1. The van der Waals surface area contributed by atoms with Gasteiger partial charge in [-0.15, -0.1) is 127 Å². The van der Waals surface area contributed by atoms with E-state index in [1.165, 1.54) is 96.3 Å². The number of imide groups is 1. The second-order valence-corrected chi connectivity index (χ2v) is 46.0. The highest BCUT2D eigenvalue weighted by atomic mass is 35.5. The number of H-pyrrole nitrogens is 1. The van der Waals surface area contributed by atoms with Crippen LogP contribution in [0.3, 0.4) is 0 Å². The molecule has 15 aromatic rings. The summed E-state index contributed by atoms with van der Waals surface area (Å²) in [7, 11) is 0. The molecule has 2 saturated heterocycles. The van der Waals surface area contributed by atoms with E-state index < -0.39 is 40.8 Å². The topological polar surface area (TPSA) is 506 Å². The van der Waals surface area contributed by atoms with Crippen molar-refractivity contribution in [3.05, 3.63) is 292 Å². The van der Waals surface area contributed by atoms with Crippen molar-refractivity contribution in [3.8, 4) is 0 Å². The van der Waals surface area contributed by atoms with Crippen molar-refractivity contribution in [1.82, 2.24) is 108 Å². The van der Waals surface area contributed by atoms with E-state index in [1.54, 1.807) is 6.07 Å². The minimum Gasteiger partial charge on any atom is -0.361 e. The number of unbranched alkanes of at least 4 members (excludes halogenated alkanes) is 4. The number of carbonyl (C=O) groups excluding carboxylic acids is 11. The fourth-order valence-electron chi connectivity index (χ4n) is 16.2. The van der Waals surface area contributed by atoms with Crippen LogP contribution in [0.5, 0.6) is 0 Å². The monoisotopic (exact) mass is 2190 g/mol. The number of anilines is 4. The van der Waals surface area contributed by atoms with Crippen molar-refractivity contribution in [1.29, 1.82) is 0 Å².